The van der Waals surface area contributed by atoms with Gasteiger partial charge in [0.25, 0.3) is 0 Å². The van der Waals surface area contributed by atoms with Gasteiger partial charge in [-0.05, 0) is 47.7 Å². The molecule has 5 heteroatoms. The Hall–Kier alpha value is -2.56. The highest BCUT2D eigenvalue weighted by Gasteiger charge is 2.18. The normalized spacial score (nSPS) is 11.6. The zero-order valence-electron chi connectivity index (χ0n) is 18.3. The number of aryl methyl sites for hydroxylation is 1. The van der Waals surface area contributed by atoms with Gasteiger partial charge in [0, 0.05) is 22.0 Å². The number of hydrogen-bond donors (Lipinski definition) is 0. The van der Waals surface area contributed by atoms with E-state index in [4.69, 9.17) is 11.6 Å². The summed E-state index contributed by atoms with van der Waals surface area (Å²) in [4.78, 5) is 0. The molecule has 1 heterocycles. The van der Waals surface area contributed by atoms with E-state index in [1.807, 2.05) is 24.3 Å². The molecule has 0 radical (unpaired) electrons. The molecule has 0 saturated heterocycles. The van der Waals surface area contributed by atoms with Crippen LogP contribution in [-0.4, -0.2) is 14.8 Å². The fourth-order valence-electron chi connectivity index (χ4n) is 3.44. The van der Waals surface area contributed by atoms with Gasteiger partial charge in [0.05, 0.1) is 0 Å². The molecule has 0 atom stereocenters. The number of aromatic nitrogens is 3. The van der Waals surface area contributed by atoms with Gasteiger partial charge >= 0.3 is 0 Å². The van der Waals surface area contributed by atoms with Crippen LogP contribution in [0.1, 0.15) is 37.5 Å². The van der Waals surface area contributed by atoms with Gasteiger partial charge in [-0.1, -0.05) is 98.2 Å². The monoisotopic (exact) mass is 447 g/mol. The van der Waals surface area contributed by atoms with Crippen molar-refractivity contribution in [1.82, 2.24) is 14.8 Å². The fraction of sp³-hybridized carbons (Fsp3) is 0.231. The van der Waals surface area contributed by atoms with Crippen molar-refractivity contribution in [2.75, 3.05) is 0 Å². The molecule has 0 unspecified atom stereocenters. The summed E-state index contributed by atoms with van der Waals surface area (Å²) in [6, 6.07) is 25.0. The van der Waals surface area contributed by atoms with E-state index in [-0.39, 0.29) is 5.41 Å². The molecular formula is C26H26ClN3S. The maximum absolute atomic E-state index is 6.14. The van der Waals surface area contributed by atoms with Crippen molar-refractivity contribution >= 4 is 23.4 Å². The van der Waals surface area contributed by atoms with Crippen molar-refractivity contribution in [3.63, 3.8) is 0 Å². The van der Waals surface area contributed by atoms with Crippen LogP contribution in [0.25, 0.3) is 17.1 Å². The molecule has 31 heavy (non-hydrogen) atoms. The Labute approximate surface area is 193 Å². The summed E-state index contributed by atoms with van der Waals surface area (Å²) in [5, 5.41) is 10.7. The minimum Gasteiger partial charge on any atom is -0.270 e. The molecule has 0 aliphatic rings. The maximum atomic E-state index is 6.14. The number of thioether (sulfide) groups is 1. The Bertz CT molecular complexity index is 1170. The molecule has 0 spiro atoms. The topological polar surface area (TPSA) is 30.7 Å². The Kier molecular flexibility index (Phi) is 6.22. The van der Waals surface area contributed by atoms with E-state index < -0.39 is 0 Å². The SMILES string of the molecule is Cc1cccc(CSc2nnc(-c3ccc(C(C)(C)C)cc3)n2-c2ccc(Cl)cc2)c1. The summed E-state index contributed by atoms with van der Waals surface area (Å²) < 4.78 is 2.11. The highest BCUT2D eigenvalue weighted by atomic mass is 35.5. The molecule has 3 nitrogen and oxygen atoms in total. The van der Waals surface area contributed by atoms with Crippen LogP contribution in [-0.2, 0) is 11.2 Å². The molecular weight excluding hydrogens is 422 g/mol. The zero-order valence-corrected chi connectivity index (χ0v) is 19.8. The Morgan fingerprint density at radius 1 is 0.903 bits per heavy atom. The molecule has 0 bridgehead atoms. The largest absolute Gasteiger partial charge is 0.270 e. The summed E-state index contributed by atoms with van der Waals surface area (Å²) in [6.07, 6.45) is 0. The lowest BCUT2D eigenvalue weighted by Crippen LogP contribution is -2.10. The third kappa shape index (κ3) is 5.03. The van der Waals surface area contributed by atoms with E-state index >= 15 is 0 Å². The van der Waals surface area contributed by atoms with Crippen LogP contribution in [0.5, 0.6) is 0 Å². The van der Waals surface area contributed by atoms with Crippen molar-refractivity contribution < 1.29 is 0 Å². The van der Waals surface area contributed by atoms with E-state index in [9.17, 15) is 0 Å². The summed E-state index contributed by atoms with van der Waals surface area (Å²) >= 11 is 7.83. The number of nitrogens with zero attached hydrogens (tertiary/aromatic N) is 3. The zero-order chi connectivity index (χ0) is 22.0. The maximum Gasteiger partial charge on any atom is 0.196 e. The van der Waals surface area contributed by atoms with Gasteiger partial charge in [0.2, 0.25) is 0 Å². The average molecular weight is 448 g/mol. The van der Waals surface area contributed by atoms with Crippen LogP contribution in [0.4, 0.5) is 0 Å². The molecule has 0 fully saturated rings. The number of benzene rings is 3. The van der Waals surface area contributed by atoms with Crippen molar-refractivity contribution in [3.8, 4) is 17.1 Å². The molecule has 0 aliphatic carbocycles. The van der Waals surface area contributed by atoms with E-state index in [1.165, 1.54) is 16.7 Å². The second kappa shape index (κ2) is 8.89. The van der Waals surface area contributed by atoms with Crippen LogP contribution in [0.15, 0.2) is 78.0 Å². The van der Waals surface area contributed by atoms with Crippen LogP contribution >= 0.6 is 23.4 Å². The number of rotatable bonds is 5. The quantitative estimate of drug-likeness (QED) is 0.297. The fourth-order valence-corrected chi connectivity index (χ4v) is 4.46. The van der Waals surface area contributed by atoms with Gasteiger partial charge in [0.1, 0.15) is 0 Å². The van der Waals surface area contributed by atoms with Crippen LogP contribution in [0.3, 0.4) is 0 Å². The molecule has 1 aromatic heterocycles. The first kappa shape index (κ1) is 21.7. The first-order valence-corrected chi connectivity index (χ1v) is 11.7. The van der Waals surface area contributed by atoms with Gasteiger partial charge in [0.15, 0.2) is 11.0 Å². The van der Waals surface area contributed by atoms with Gasteiger partial charge in [-0.2, -0.15) is 0 Å². The molecule has 4 rings (SSSR count). The molecule has 0 N–H and O–H groups in total. The molecule has 3 aromatic carbocycles. The smallest absolute Gasteiger partial charge is 0.196 e. The van der Waals surface area contributed by atoms with E-state index in [0.717, 1.165) is 28.0 Å². The first-order chi connectivity index (χ1) is 14.8. The Morgan fingerprint density at radius 2 is 1.61 bits per heavy atom. The van der Waals surface area contributed by atoms with Gasteiger partial charge in [-0.25, -0.2) is 0 Å². The molecule has 0 aliphatic heterocycles. The second-order valence-corrected chi connectivity index (χ2v) is 10.1. The molecule has 158 valence electrons. The highest BCUT2D eigenvalue weighted by molar-refractivity contribution is 7.98. The standard InChI is InChI=1S/C26H26ClN3S/c1-18-6-5-7-19(16-18)17-31-25-29-28-24(30(25)23-14-12-22(27)13-15-23)20-8-10-21(11-9-20)26(2,3)4/h5-16H,17H2,1-4H3. The summed E-state index contributed by atoms with van der Waals surface area (Å²) in [7, 11) is 0. The molecule has 4 aromatic rings. The predicted octanol–water partition coefficient (Wildman–Crippen LogP) is 7.49. The summed E-state index contributed by atoms with van der Waals surface area (Å²) in [6.45, 7) is 8.78. The Balaban J connectivity index is 1.72. The van der Waals surface area contributed by atoms with E-state index in [1.54, 1.807) is 11.8 Å². The second-order valence-electron chi connectivity index (χ2n) is 8.72. The minimum absolute atomic E-state index is 0.108. The van der Waals surface area contributed by atoms with Crippen LogP contribution in [0, 0.1) is 6.92 Å². The van der Waals surface area contributed by atoms with Gasteiger partial charge in [-0.3, -0.25) is 4.57 Å². The lowest BCUT2D eigenvalue weighted by molar-refractivity contribution is 0.590. The summed E-state index contributed by atoms with van der Waals surface area (Å²) in [5.74, 6) is 1.66. The predicted molar refractivity (Wildman–Crippen MR) is 131 cm³/mol. The third-order valence-electron chi connectivity index (χ3n) is 5.18. The lowest BCUT2D eigenvalue weighted by atomic mass is 9.87. The third-order valence-corrected chi connectivity index (χ3v) is 6.43. The van der Waals surface area contributed by atoms with Crippen molar-refractivity contribution in [1.29, 1.82) is 0 Å². The van der Waals surface area contributed by atoms with Crippen LogP contribution in [0.2, 0.25) is 5.02 Å². The highest BCUT2D eigenvalue weighted by Crippen LogP contribution is 2.31. The van der Waals surface area contributed by atoms with Crippen LogP contribution < -0.4 is 0 Å². The number of hydrogen-bond acceptors (Lipinski definition) is 3. The molecule has 0 saturated carbocycles. The van der Waals surface area contributed by atoms with Gasteiger partial charge in [-0.15, -0.1) is 10.2 Å². The average Bonchev–Trinajstić information content (AvgIpc) is 3.16. The van der Waals surface area contributed by atoms with Crippen molar-refractivity contribution in [2.24, 2.45) is 0 Å². The summed E-state index contributed by atoms with van der Waals surface area (Å²) in [5.41, 5.74) is 5.97. The minimum atomic E-state index is 0.108. The molecule has 0 amide bonds. The van der Waals surface area contributed by atoms with E-state index in [2.05, 4.69) is 91.0 Å². The van der Waals surface area contributed by atoms with E-state index in [0.29, 0.717) is 5.02 Å². The Morgan fingerprint density at radius 3 is 2.26 bits per heavy atom. The first-order valence-electron chi connectivity index (χ1n) is 10.3. The van der Waals surface area contributed by atoms with Gasteiger partial charge < -0.3 is 0 Å². The number of halogens is 1. The van der Waals surface area contributed by atoms with Crippen molar-refractivity contribution in [3.05, 3.63) is 94.5 Å². The lowest BCUT2D eigenvalue weighted by Gasteiger charge is -2.19. The van der Waals surface area contributed by atoms with Crippen molar-refractivity contribution in [2.45, 2.75) is 44.0 Å².